The first-order chi connectivity index (χ1) is 8.56. The molecule has 0 radical (unpaired) electrons. The minimum Gasteiger partial charge on any atom is -0.369 e. The molecule has 0 unspecified atom stereocenters. The van der Waals surface area contributed by atoms with Crippen molar-refractivity contribution in [3.05, 3.63) is 27.6 Å². The number of nitrogens with one attached hydrogen (secondary N) is 2. The lowest BCUT2D eigenvalue weighted by Gasteiger charge is -2.20. The van der Waals surface area contributed by atoms with Crippen molar-refractivity contribution in [3.8, 4) is 0 Å². The van der Waals surface area contributed by atoms with E-state index in [0.717, 1.165) is 12.3 Å². The van der Waals surface area contributed by atoms with Crippen LogP contribution in [0.4, 0.5) is 0 Å². The number of carbonyl (C=O) groups is 1. The molecule has 4 N–H and O–H groups in total. The van der Waals surface area contributed by atoms with Crippen LogP contribution in [0, 0.1) is 5.41 Å². The lowest BCUT2D eigenvalue weighted by molar-refractivity contribution is -0.125. The molecule has 106 valence electrons. The van der Waals surface area contributed by atoms with Gasteiger partial charge in [-0.05, 0) is 19.9 Å². The molecule has 1 amide bonds. The molecule has 1 heterocycles. The summed E-state index contributed by atoms with van der Waals surface area (Å²) in [5.74, 6) is -0.630. The van der Waals surface area contributed by atoms with E-state index in [-0.39, 0.29) is 16.5 Å². The van der Waals surface area contributed by atoms with Crippen LogP contribution in [-0.4, -0.2) is 25.9 Å². The number of hydrogen-bond donors (Lipinski definition) is 3. The van der Waals surface area contributed by atoms with Crippen molar-refractivity contribution >= 4 is 27.5 Å². The molecule has 1 aromatic heterocycles. The highest BCUT2D eigenvalue weighted by molar-refractivity contribution is 7.89. The Balaban J connectivity index is 2.97. The molecule has 0 atom stereocenters. The third-order valence-electron chi connectivity index (χ3n) is 2.51. The van der Waals surface area contributed by atoms with Gasteiger partial charge in [-0.3, -0.25) is 9.59 Å². The number of hydrogen-bond acceptors (Lipinski definition) is 4. The van der Waals surface area contributed by atoms with Gasteiger partial charge in [0.25, 0.3) is 5.56 Å². The minimum absolute atomic E-state index is 0.165. The second-order valence-electron chi connectivity index (χ2n) is 4.59. The number of nitrogens with two attached hydrogens (primary N) is 1. The maximum Gasteiger partial charge on any atom is 0.266 e. The molecule has 0 aliphatic rings. The van der Waals surface area contributed by atoms with E-state index in [1.54, 1.807) is 0 Å². The van der Waals surface area contributed by atoms with Gasteiger partial charge in [-0.15, -0.1) is 0 Å². The summed E-state index contributed by atoms with van der Waals surface area (Å²) >= 11 is 5.55. The van der Waals surface area contributed by atoms with Crippen LogP contribution in [0.25, 0.3) is 0 Å². The van der Waals surface area contributed by atoms with Crippen LogP contribution in [-0.2, 0) is 14.8 Å². The number of rotatable bonds is 5. The van der Waals surface area contributed by atoms with E-state index in [1.807, 2.05) is 0 Å². The van der Waals surface area contributed by atoms with Gasteiger partial charge in [0.05, 0.1) is 10.3 Å². The predicted octanol–water partition coefficient (Wildman–Crippen LogP) is -0.182. The van der Waals surface area contributed by atoms with Crippen LogP contribution in [0.15, 0.2) is 22.0 Å². The van der Waals surface area contributed by atoms with Gasteiger partial charge >= 0.3 is 0 Å². The highest BCUT2D eigenvalue weighted by atomic mass is 35.5. The lowest BCUT2D eigenvalue weighted by atomic mass is 9.93. The van der Waals surface area contributed by atoms with Gasteiger partial charge in [0, 0.05) is 12.7 Å². The summed E-state index contributed by atoms with van der Waals surface area (Å²) < 4.78 is 26.1. The molecule has 19 heavy (non-hydrogen) atoms. The van der Waals surface area contributed by atoms with Crippen LogP contribution >= 0.6 is 11.6 Å². The molecule has 0 aliphatic carbocycles. The second-order valence-corrected chi connectivity index (χ2v) is 6.76. The van der Waals surface area contributed by atoms with Gasteiger partial charge in [0.15, 0.2) is 0 Å². The Kier molecular flexibility index (Phi) is 4.39. The second kappa shape index (κ2) is 5.32. The zero-order chi connectivity index (χ0) is 14.8. The quantitative estimate of drug-likeness (QED) is 0.698. The van der Waals surface area contributed by atoms with Gasteiger partial charge in [0.2, 0.25) is 15.9 Å². The Morgan fingerprint density at radius 3 is 2.58 bits per heavy atom. The van der Waals surface area contributed by atoms with E-state index in [0.29, 0.717) is 0 Å². The van der Waals surface area contributed by atoms with Crippen LogP contribution in [0.5, 0.6) is 0 Å². The molecule has 0 saturated heterocycles. The van der Waals surface area contributed by atoms with Gasteiger partial charge < -0.3 is 10.7 Å². The number of sulfonamides is 1. The Morgan fingerprint density at radius 2 is 2.11 bits per heavy atom. The van der Waals surface area contributed by atoms with Gasteiger partial charge in [-0.2, -0.15) is 0 Å². The number of aromatic nitrogens is 1. The van der Waals surface area contributed by atoms with Crippen LogP contribution in [0.1, 0.15) is 13.8 Å². The zero-order valence-electron chi connectivity index (χ0n) is 10.4. The highest BCUT2D eigenvalue weighted by Gasteiger charge is 2.27. The zero-order valence-corrected chi connectivity index (χ0v) is 11.9. The molecule has 1 aromatic rings. The third kappa shape index (κ3) is 3.79. The van der Waals surface area contributed by atoms with E-state index in [1.165, 1.54) is 13.8 Å². The normalized spacial score (nSPS) is 12.4. The van der Waals surface area contributed by atoms with E-state index in [9.17, 15) is 18.0 Å². The average Bonchev–Trinajstić information content (AvgIpc) is 2.30. The van der Waals surface area contributed by atoms with Crippen LogP contribution in [0.2, 0.25) is 5.02 Å². The van der Waals surface area contributed by atoms with E-state index >= 15 is 0 Å². The van der Waals surface area contributed by atoms with Crippen molar-refractivity contribution in [2.75, 3.05) is 6.54 Å². The Labute approximate surface area is 115 Å². The molecule has 0 fully saturated rings. The molecular weight excluding hydrogens is 294 g/mol. The number of carbonyl (C=O) groups excluding carboxylic acids is 1. The average molecular weight is 308 g/mol. The number of amides is 1. The monoisotopic (exact) mass is 307 g/mol. The number of H-pyrrole nitrogens is 1. The largest absolute Gasteiger partial charge is 0.369 e. The van der Waals surface area contributed by atoms with Gasteiger partial charge in [-0.1, -0.05) is 11.6 Å². The molecule has 9 heteroatoms. The molecule has 0 aliphatic heterocycles. The summed E-state index contributed by atoms with van der Waals surface area (Å²) in [6.45, 7) is 2.86. The van der Waals surface area contributed by atoms with Crippen molar-refractivity contribution in [2.24, 2.45) is 11.1 Å². The van der Waals surface area contributed by atoms with Crippen LogP contribution < -0.4 is 16.0 Å². The summed E-state index contributed by atoms with van der Waals surface area (Å²) in [7, 11) is -3.88. The number of halogens is 1. The Hall–Kier alpha value is -1.38. The molecule has 1 rings (SSSR count). The smallest absolute Gasteiger partial charge is 0.266 e. The standard InChI is InChI=1S/C10H14ClN3O4S/c1-10(2,9(12)16)5-14-19(17,18)6-3-7(11)8(15)13-4-6/h3-4,14H,5H2,1-2H3,(H2,12,16)(H,13,15). The Morgan fingerprint density at radius 1 is 1.53 bits per heavy atom. The van der Waals surface area contributed by atoms with Gasteiger partial charge in [-0.25, -0.2) is 13.1 Å². The van der Waals surface area contributed by atoms with E-state index < -0.39 is 26.9 Å². The molecular formula is C10H14ClN3O4S. The summed E-state index contributed by atoms with van der Waals surface area (Å²) in [4.78, 5) is 24.1. The number of pyridine rings is 1. The molecule has 0 saturated carbocycles. The fraction of sp³-hybridized carbons (Fsp3) is 0.400. The Bertz CT molecular complexity index is 651. The van der Waals surface area contributed by atoms with Crippen LogP contribution in [0.3, 0.4) is 0 Å². The summed E-state index contributed by atoms with van der Waals surface area (Å²) in [5.41, 5.74) is 3.53. The van der Waals surface area contributed by atoms with Crippen molar-refractivity contribution in [3.63, 3.8) is 0 Å². The maximum atomic E-state index is 11.9. The predicted molar refractivity (Wildman–Crippen MR) is 70.2 cm³/mol. The summed E-state index contributed by atoms with van der Waals surface area (Å²) in [6, 6.07) is 1.03. The number of primary amides is 1. The van der Waals surface area contributed by atoms with E-state index in [2.05, 4.69) is 9.71 Å². The fourth-order valence-corrected chi connectivity index (χ4v) is 2.48. The topological polar surface area (TPSA) is 122 Å². The maximum absolute atomic E-state index is 11.9. The molecule has 0 aromatic carbocycles. The summed E-state index contributed by atoms with van der Waals surface area (Å²) in [5, 5.41) is -0.239. The SMILES string of the molecule is CC(C)(CNS(=O)(=O)c1c[nH]c(=O)c(Cl)c1)C(N)=O. The first-order valence-corrected chi connectivity index (χ1v) is 7.10. The van der Waals surface area contributed by atoms with E-state index in [4.69, 9.17) is 17.3 Å². The first-order valence-electron chi connectivity index (χ1n) is 5.24. The van der Waals surface area contributed by atoms with Crippen molar-refractivity contribution in [1.82, 2.24) is 9.71 Å². The minimum atomic E-state index is -3.88. The summed E-state index contributed by atoms with van der Waals surface area (Å²) in [6.07, 6.45) is 1.02. The molecule has 7 nitrogen and oxygen atoms in total. The van der Waals surface area contributed by atoms with Crippen molar-refractivity contribution in [2.45, 2.75) is 18.7 Å². The molecule has 0 spiro atoms. The molecule has 0 bridgehead atoms. The highest BCUT2D eigenvalue weighted by Crippen LogP contribution is 2.15. The third-order valence-corrected chi connectivity index (χ3v) is 4.17. The van der Waals surface area contributed by atoms with Gasteiger partial charge in [0.1, 0.15) is 5.02 Å². The number of aromatic amines is 1. The first kappa shape index (κ1) is 15.7. The lowest BCUT2D eigenvalue weighted by Crippen LogP contribution is -2.42. The van der Waals surface area contributed by atoms with Crippen molar-refractivity contribution in [1.29, 1.82) is 0 Å². The van der Waals surface area contributed by atoms with Crippen molar-refractivity contribution < 1.29 is 13.2 Å². The fourth-order valence-electron chi connectivity index (χ4n) is 1.04.